The van der Waals surface area contributed by atoms with E-state index < -0.39 is 0 Å². The number of pyridine rings is 2. The molecule has 7 heteroatoms. The molecule has 0 radical (unpaired) electrons. The van der Waals surface area contributed by atoms with Crippen LogP contribution >= 0.6 is 37.2 Å². The summed E-state index contributed by atoms with van der Waals surface area (Å²) in [4.78, 5) is 14.9. The molecule has 0 amide bonds. The number of likely N-dealkylation sites (tertiary alicyclic amines) is 1. The fourth-order valence-electron chi connectivity index (χ4n) is 7.18. The largest absolute Gasteiger partial charge is 0.364 e. The molecule has 1 saturated heterocycles. The zero-order valence-electron chi connectivity index (χ0n) is 30.8. The number of aryl methyl sites for hydroxylation is 6. The van der Waals surface area contributed by atoms with Crippen LogP contribution in [0.4, 0.5) is 5.69 Å². The number of piperidine rings is 1. The van der Waals surface area contributed by atoms with Crippen LogP contribution in [0.1, 0.15) is 68.5 Å². The van der Waals surface area contributed by atoms with Gasteiger partial charge in [-0.05, 0) is 178 Å². The lowest BCUT2D eigenvalue weighted by molar-refractivity contribution is 0.201. The molecule has 4 nitrogen and oxygen atoms in total. The minimum absolute atomic E-state index is 0. The SMILES string of the molecule is Cc1cc(C)cc(N(Cc2ccc(-c3cc(C)c(C)c(C)c3)nc2)C2CCN(Cc3ccnc(-c4cc(C)c(C)c(C)c4)c3)CC2)c1.Cl.Cl.Cl. The van der Waals surface area contributed by atoms with E-state index in [1.54, 1.807) is 0 Å². The van der Waals surface area contributed by atoms with Crippen molar-refractivity contribution in [3.05, 3.63) is 135 Å². The van der Waals surface area contributed by atoms with Crippen molar-refractivity contribution in [2.75, 3.05) is 18.0 Å². The summed E-state index contributed by atoms with van der Waals surface area (Å²) < 4.78 is 0. The summed E-state index contributed by atoms with van der Waals surface area (Å²) in [7, 11) is 0. The van der Waals surface area contributed by atoms with Crippen molar-refractivity contribution in [3.63, 3.8) is 0 Å². The second-order valence-corrected chi connectivity index (χ2v) is 14.1. The highest BCUT2D eigenvalue weighted by molar-refractivity contribution is 5.86. The summed E-state index contributed by atoms with van der Waals surface area (Å²) in [5, 5.41) is 0. The molecule has 1 aliphatic rings. The molecule has 1 aliphatic heterocycles. The van der Waals surface area contributed by atoms with Crippen LogP contribution in [0.5, 0.6) is 0 Å². The van der Waals surface area contributed by atoms with Gasteiger partial charge in [0.2, 0.25) is 0 Å². The van der Waals surface area contributed by atoms with Crippen molar-refractivity contribution in [2.24, 2.45) is 0 Å². The summed E-state index contributed by atoms with van der Waals surface area (Å²) in [6, 6.07) is 25.5. The lowest BCUT2D eigenvalue weighted by Crippen LogP contribution is -2.44. The predicted molar refractivity (Wildman–Crippen MR) is 220 cm³/mol. The van der Waals surface area contributed by atoms with Crippen molar-refractivity contribution in [1.82, 2.24) is 14.9 Å². The number of benzene rings is 3. The third-order valence-corrected chi connectivity index (χ3v) is 10.4. The first-order valence-corrected chi connectivity index (χ1v) is 17.2. The van der Waals surface area contributed by atoms with Crippen LogP contribution in [0.25, 0.3) is 22.5 Å². The van der Waals surface area contributed by atoms with Gasteiger partial charge in [0.1, 0.15) is 0 Å². The molecule has 0 saturated carbocycles. The zero-order valence-corrected chi connectivity index (χ0v) is 33.3. The number of anilines is 1. The lowest BCUT2D eigenvalue weighted by atomic mass is 9.97. The van der Waals surface area contributed by atoms with E-state index in [2.05, 4.69) is 138 Å². The molecule has 50 heavy (non-hydrogen) atoms. The van der Waals surface area contributed by atoms with E-state index in [1.807, 2.05) is 6.20 Å². The third kappa shape index (κ3) is 9.47. The van der Waals surface area contributed by atoms with Crippen molar-refractivity contribution < 1.29 is 0 Å². The molecule has 0 bridgehead atoms. The standard InChI is InChI=1S/C43H50N4.3ClH/c1-28-17-29(2)19-41(18-28)47(27-37-9-10-42(45-25-37)38-20-30(3)34(7)31(4)21-38)40-12-15-46(16-13-40)26-36-11-14-44-43(24-36)39-22-32(5)35(8)33(6)23-39;;;/h9-11,14,17-25,40H,12-13,15-16,26-27H2,1-8H3;3*1H. The minimum atomic E-state index is 0. The zero-order chi connectivity index (χ0) is 33.2. The number of hydrogen-bond donors (Lipinski definition) is 0. The molecule has 0 N–H and O–H groups in total. The molecule has 5 aromatic rings. The molecule has 0 unspecified atom stereocenters. The van der Waals surface area contributed by atoms with Gasteiger partial charge in [-0.15, -0.1) is 37.2 Å². The number of hydrogen-bond acceptors (Lipinski definition) is 4. The van der Waals surface area contributed by atoms with E-state index in [4.69, 9.17) is 9.97 Å². The topological polar surface area (TPSA) is 32.3 Å². The Balaban J connectivity index is 0.00000225. The lowest BCUT2D eigenvalue weighted by Gasteiger charge is -2.40. The molecular weight excluding hydrogens is 679 g/mol. The number of aromatic nitrogens is 2. The summed E-state index contributed by atoms with van der Waals surface area (Å²) >= 11 is 0. The third-order valence-electron chi connectivity index (χ3n) is 10.4. The fourth-order valence-corrected chi connectivity index (χ4v) is 7.18. The molecule has 6 rings (SSSR count). The smallest absolute Gasteiger partial charge is 0.0705 e. The Hall–Kier alpha value is -3.41. The quantitative estimate of drug-likeness (QED) is 0.159. The predicted octanol–water partition coefficient (Wildman–Crippen LogP) is 11.2. The van der Waals surface area contributed by atoms with Gasteiger partial charge in [-0.2, -0.15) is 0 Å². The molecule has 2 aromatic heterocycles. The molecule has 3 heterocycles. The highest BCUT2D eigenvalue weighted by Crippen LogP contribution is 2.30. The fraction of sp³-hybridized carbons (Fsp3) is 0.349. The Morgan fingerprint density at radius 1 is 0.600 bits per heavy atom. The summed E-state index contributed by atoms with van der Waals surface area (Å²) in [5.74, 6) is 0. The second-order valence-electron chi connectivity index (χ2n) is 14.1. The van der Waals surface area contributed by atoms with Crippen LogP contribution in [0.3, 0.4) is 0 Å². The van der Waals surface area contributed by atoms with E-state index in [-0.39, 0.29) is 37.2 Å². The Morgan fingerprint density at radius 2 is 1.14 bits per heavy atom. The molecule has 0 atom stereocenters. The Kier molecular flexibility index (Phi) is 14.5. The number of halogens is 3. The molecule has 266 valence electrons. The normalized spacial score (nSPS) is 13.2. The highest BCUT2D eigenvalue weighted by atomic mass is 35.5. The first-order valence-electron chi connectivity index (χ1n) is 17.2. The average molecular weight is 732 g/mol. The first kappa shape index (κ1) is 41.0. The van der Waals surface area contributed by atoms with E-state index in [0.29, 0.717) is 6.04 Å². The minimum Gasteiger partial charge on any atom is -0.364 e. The summed E-state index contributed by atoms with van der Waals surface area (Å²) in [6.07, 6.45) is 6.33. The number of rotatable bonds is 8. The maximum absolute atomic E-state index is 4.95. The first-order chi connectivity index (χ1) is 22.5. The molecule has 1 fully saturated rings. The average Bonchev–Trinajstić information content (AvgIpc) is 3.05. The monoisotopic (exact) mass is 730 g/mol. The van der Waals surface area contributed by atoms with Gasteiger partial charge >= 0.3 is 0 Å². The number of nitrogens with zero attached hydrogens (tertiary/aromatic N) is 4. The van der Waals surface area contributed by atoms with Crippen LogP contribution in [0.15, 0.2) is 79.1 Å². The maximum Gasteiger partial charge on any atom is 0.0705 e. The van der Waals surface area contributed by atoms with Gasteiger partial charge in [-0.25, -0.2) is 0 Å². The van der Waals surface area contributed by atoms with E-state index in [1.165, 1.54) is 72.4 Å². The summed E-state index contributed by atoms with van der Waals surface area (Å²) in [5.41, 5.74) is 19.1. The van der Waals surface area contributed by atoms with Crippen LogP contribution in [-0.4, -0.2) is 34.0 Å². The van der Waals surface area contributed by atoms with Gasteiger partial charge in [-0.3, -0.25) is 14.9 Å². The van der Waals surface area contributed by atoms with Gasteiger partial charge < -0.3 is 4.90 Å². The highest BCUT2D eigenvalue weighted by Gasteiger charge is 2.26. The van der Waals surface area contributed by atoms with Gasteiger partial charge in [0, 0.05) is 61.4 Å². The van der Waals surface area contributed by atoms with Gasteiger partial charge in [0.25, 0.3) is 0 Å². The Morgan fingerprint density at radius 3 is 1.66 bits per heavy atom. The van der Waals surface area contributed by atoms with Crippen molar-refractivity contribution in [2.45, 2.75) is 87.4 Å². The van der Waals surface area contributed by atoms with Gasteiger partial charge in [0.15, 0.2) is 0 Å². The van der Waals surface area contributed by atoms with Crippen LogP contribution < -0.4 is 4.90 Å². The molecule has 3 aromatic carbocycles. The molecule has 0 spiro atoms. The second kappa shape index (κ2) is 17.7. The molecular formula is C43H53Cl3N4. The van der Waals surface area contributed by atoms with Crippen molar-refractivity contribution in [3.8, 4) is 22.5 Å². The van der Waals surface area contributed by atoms with Crippen molar-refractivity contribution in [1.29, 1.82) is 0 Å². The van der Waals surface area contributed by atoms with Crippen molar-refractivity contribution >= 4 is 42.9 Å². The van der Waals surface area contributed by atoms with E-state index in [0.717, 1.165) is 50.4 Å². The van der Waals surface area contributed by atoms with Crippen LogP contribution in [0.2, 0.25) is 0 Å². The van der Waals surface area contributed by atoms with Crippen LogP contribution in [0, 0.1) is 55.4 Å². The molecule has 0 aliphatic carbocycles. The van der Waals surface area contributed by atoms with Gasteiger partial charge in [0.05, 0.1) is 11.4 Å². The van der Waals surface area contributed by atoms with Gasteiger partial charge in [-0.1, -0.05) is 12.1 Å². The Labute approximate surface area is 319 Å². The Bertz CT molecular complexity index is 1830. The maximum atomic E-state index is 4.95. The van der Waals surface area contributed by atoms with E-state index in [9.17, 15) is 0 Å². The van der Waals surface area contributed by atoms with Crippen LogP contribution in [-0.2, 0) is 13.1 Å². The van der Waals surface area contributed by atoms with E-state index >= 15 is 0 Å². The summed E-state index contributed by atoms with van der Waals surface area (Å²) in [6.45, 7) is 21.6.